The highest BCUT2D eigenvalue weighted by molar-refractivity contribution is 7.13. The second-order valence-corrected chi connectivity index (χ2v) is 7.41. The van der Waals surface area contributed by atoms with Crippen LogP contribution >= 0.6 is 11.3 Å². The lowest BCUT2D eigenvalue weighted by atomic mass is 10.1. The van der Waals surface area contributed by atoms with E-state index >= 15 is 0 Å². The molecule has 5 rings (SSSR count). The Morgan fingerprint density at radius 3 is 2.92 bits per heavy atom. The number of rotatable bonds is 2. The Hall–Kier alpha value is -2.99. The Bertz CT molecular complexity index is 1120. The van der Waals surface area contributed by atoms with E-state index in [1.54, 1.807) is 28.2 Å². The zero-order valence-electron chi connectivity index (χ0n) is 14.2. The number of anilines is 1. The third-order valence-electron chi connectivity index (χ3n) is 4.83. The number of aromatic nitrogens is 3. The molecule has 1 aliphatic heterocycles. The summed E-state index contributed by atoms with van der Waals surface area (Å²) in [6, 6.07) is 14.2. The number of hydrogen-bond acceptors (Lipinski definition) is 4. The van der Waals surface area contributed by atoms with E-state index in [0.717, 1.165) is 22.7 Å². The smallest absolute Gasteiger partial charge is 0.264 e. The van der Waals surface area contributed by atoms with Gasteiger partial charge in [-0.15, -0.1) is 11.3 Å². The van der Waals surface area contributed by atoms with Crippen molar-refractivity contribution in [3.05, 3.63) is 71.4 Å². The monoisotopic (exact) mass is 360 g/mol. The summed E-state index contributed by atoms with van der Waals surface area (Å²) >= 11 is 1.64. The second kappa shape index (κ2) is 5.78. The Balaban J connectivity index is 1.62. The van der Waals surface area contributed by atoms with Crippen molar-refractivity contribution < 1.29 is 4.79 Å². The first kappa shape index (κ1) is 15.3. The zero-order chi connectivity index (χ0) is 17.7. The van der Waals surface area contributed by atoms with Gasteiger partial charge in [0.25, 0.3) is 5.91 Å². The molecule has 1 aliphatic rings. The number of carbonyl (C=O) groups excluding carboxylic acids is 1. The molecule has 0 saturated heterocycles. The van der Waals surface area contributed by atoms with Crippen LogP contribution in [0.25, 0.3) is 16.2 Å². The lowest BCUT2D eigenvalue weighted by molar-refractivity contribution is 0.0983. The molecule has 0 fully saturated rings. The molecule has 1 amide bonds. The van der Waals surface area contributed by atoms with Gasteiger partial charge < -0.3 is 4.90 Å². The van der Waals surface area contributed by atoms with E-state index in [0.29, 0.717) is 11.2 Å². The third kappa shape index (κ3) is 2.19. The van der Waals surface area contributed by atoms with E-state index < -0.39 is 0 Å². The van der Waals surface area contributed by atoms with Crippen molar-refractivity contribution >= 4 is 28.6 Å². The summed E-state index contributed by atoms with van der Waals surface area (Å²) in [4.78, 5) is 20.7. The van der Waals surface area contributed by atoms with E-state index in [4.69, 9.17) is 0 Å². The fourth-order valence-corrected chi connectivity index (χ4v) is 4.39. The number of fused-ring (bicyclic) bond motifs is 2. The maximum Gasteiger partial charge on any atom is 0.264 e. The third-order valence-corrected chi connectivity index (χ3v) is 5.72. The lowest BCUT2D eigenvalue weighted by Gasteiger charge is -2.22. The van der Waals surface area contributed by atoms with E-state index in [9.17, 15) is 4.79 Å². The van der Waals surface area contributed by atoms with Crippen LogP contribution in [-0.2, 0) is 6.42 Å². The predicted octanol–water partition coefficient (Wildman–Crippen LogP) is 4.05. The number of thiophene rings is 1. The molecular formula is C20H16N4OS. The molecule has 0 saturated carbocycles. The van der Waals surface area contributed by atoms with Crippen molar-refractivity contribution in [1.29, 1.82) is 0 Å². The van der Waals surface area contributed by atoms with Crippen molar-refractivity contribution in [2.24, 2.45) is 0 Å². The molecule has 6 heteroatoms. The molecule has 0 spiro atoms. The van der Waals surface area contributed by atoms with Crippen LogP contribution in [0.3, 0.4) is 0 Å². The van der Waals surface area contributed by atoms with Gasteiger partial charge in [-0.1, -0.05) is 24.3 Å². The Morgan fingerprint density at radius 1 is 1.19 bits per heavy atom. The molecule has 0 aliphatic carbocycles. The van der Waals surface area contributed by atoms with E-state index in [-0.39, 0.29) is 11.9 Å². The van der Waals surface area contributed by atoms with E-state index in [1.807, 2.05) is 46.7 Å². The number of nitrogens with zero attached hydrogens (tertiary/aromatic N) is 4. The second-order valence-electron chi connectivity index (χ2n) is 6.46. The normalized spacial score (nSPS) is 16.2. The molecule has 1 aromatic carbocycles. The fourth-order valence-electron chi connectivity index (χ4n) is 3.66. The maximum absolute atomic E-state index is 13.3. The van der Waals surface area contributed by atoms with Crippen LogP contribution in [0.15, 0.2) is 60.2 Å². The highest BCUT2D eigenvalue weighted by Crippen LogP contribution is 2.34. The van der Waals surface area contributed by atoms with Crippen LogP contribution in [0.5, 0.6) is 0 Å². The first-order valence-electron chi connectivity index (χ1n) is 8.52. The van der Waals surface area contributed by atoms with Gasteiger partial charge in [0.05, 0.1) is 16.8 Å². The molecular weight excluding hydrogens is 344 g/mol. The quantitative estimate of drug-likeness (QED) is 0.542. The van der Waals surface area contributed by atoms with Crippen LogP contribution < -0.4 is 4.90 Å². The molecule has 26 heavy (non-hydrogen) atoms. The van der Waals surface area contributed by atoms with E-state index in [1.165, 1.54) is 5.56 Å². The average Bonchev–Trinajstić information content (AvgIpc) is 3.38. The predicted molar refractivity (Wildman–Crippen MR) is 103 cm³/mol. The average molecular weight is 360 g/mol. The highest BCUT2D eigenvalue weighted by Gasteiger charge is 2.33. The number of carbonyl (C=O) groups is 1. The van der Waals surface area contributed by atoms with Gasteiger partial charge in [-0.3, -0.25) is 4.79 Å². The van der Waals surface area contributed by atoms with Gasteiger partial charge in [-0.05, 0) is 42.5 Å². The molecule has 1 atom stereocenters. The summed E-state index contributed by atoms with van der Waals surface area (Å²) in [6.07, 6.45) is 4.24. The lowest BCUT2D eigenvalue weighted by Crippen LogP contribution is -2.35. The summed E-state index contributed by atoms with van der Waals surface area (Å²) < 4.78 is 1.76. The topological polar surface area (TPSA) is 50.5 Å². The summed E-state index contributed by atoms with van der Waals surface area (Å²) in [5, 5.41) is 6.49. The van der Waals surface area contributed by atoms with Crippen LogP contribution in [-0.4, -0.2) is 26.5 Å². The van der Waals surface area contributed by atoms with Gasteiger partial charge >= 0.3 is 0 Å². The van der Waals surface area contributed by atoms with Crippen molar-refractivity contribution in [1.82, 2.24) is 14.6 Å². The first-order valence-corrected chi connectivity index (χ1v) is 9.40. The van der Waals surface area contributed by atoms with Gasteiger partial charge in [0, 0.05) is 17.9 Å². The Kier molecular flexibility index (Phi) is 3.39. The molecule has 0 bridgehead atoms. The number of benzene rings is 1. The molecule has 128 valence electrons. The minimum absolute atomic E-state index is 0.0479. The number of hydrogen-bond donors (Lipinski definition) is 0. The molecule has 0 radical (unpaired) electrons. The summed E-state index contributed by atoms with van der Waals surface area (Å²) in [6.45, 7) is 2.08. The largest absolute Gasteiger partial charge is 0.305 e. The highest BCUT2D eigenvalue weighted by atomic mass is 32.1. The number of amides is 1. The maximum atomic E-state index is 13.3. The summed E-state index contributed by atoms with van der Waals surface area (Å²) in [5.74, 6) is -0.0479. The first-order chi connectivity index (χ1) is 12.7. The SMILES string of the molecule is C[C@@H]1Cc2ccccc2N1C(=O)c1cnn2c(-c3cccs3)ccnc12. The molecule has 4 heterocycles. The molecule has 3 aromatic heterocycles. The van der Waals surface area contributed by atoms with Crippen LogP contribution in [0.1, 0.15) is 22.8 Å². The molecule has 4 aromatic rings. The van der Waals surface area contributed by atoms with Crippen LogP contribution in [0.4, 0.5) is 5.69 Å². The molecule has 5 nitrogen and oxygen atoms in total. The van der Waals surface area contributed by atoms with Crippen molar-refractivity contribution in [3.63, 3.8) is 0 Å². The summed E-state index contributed by atoms with van der Waals surface area (Å²) in [7, 11) is 0. The fraction of sp³-hybridized carbons (Fsp3) is 0.150. The minimum Gasteiger partial charge on any atom is -0.305 e. The van der Waals surface area contributed by atoms with Gasteiger partial charge in [-0.2, -0.15) is 5.10 Å². The Morgan fingerprint density at radius 2 is 2.08 bits per heavy atom. The van der Waals surface area contributed by atoms with Crippen molar-refractivity contribution in [2.75, 3.05) is 4.90 Å². The van der Waals surface area contributed by atoms with Crippen LogP contribution in [0, 0.1) is 0 Å². The van der Waals surface area contributed by atoms with Gasteiger partial charge in [0.1, 0.15) is 5.56 Å². The minimum atomic E-state index is -0.0479. The van der Waals surface area contributed by atoms with E-state index in [2.05, 4.69) is 23.1 Å². The van der Waals surface area contributed by atoms with Gasteiger partial charge in [0.2, 0.25) is 0 Å². The molecule has 0 unspecified atom stereocenters. The molecule has 0 N–H and O–H groups in total. The van der Waals surface area contributed by atoms with Gasteiger partial charge in [-0.25, -0.2) is 9.50 Å². The number of para-hydroxylation sites is 1. The van der Waals surface area contributed by atoms with Crippen molar-refractivity contribution in [3.8, 4) is 10.6 Å². The van der Waals surface area contributed by atoms with Gasteiger partial charge in [0.15, 0.2) is 5.65 Å². The zero-order valence-corrected chi connectivity index (χ0v) is 15.0. The van der Waals surface area contributed by atoms with Crippen molar-refractivity contribution in [2.45, 2.75) is 19.4 Å². The summed E-state index contributed by atoms with van der Waals surface area (Å²) in [5.41, 5.74) is 4.26. The van der Waals surface area contributed by atoms with Crippen LogP contribution in [0.2, 0.25) is 0 Å². The Labute approximate surface area is 154 Å². The standard InChI is InChI=1S/C20H16N4OS/c1-13-11-14-5-2-3-6-16(14)23(13)20(25)15-12-22-24-17(8-9-21-19(15)24)18-7-4-10-26-18/h2-10,12-13H,11H2,1H3/t13-/m1/s1.